The van der Waals surface area contributed by atoms with Crippen molar-refractivity contribution in [3.05, 3.63) is 35.9 Å². The molecule has 0 aromatic heterocycles. The lowest BCUT2D eigenvalue weighted by atomic mass is 10.1. The van der Waals surface area contributed by atoms with Gasteiger partial charge in [0.15, 0.2) is 0 Å². The largest absolute Gasteiger partial charge is 0.315 e. The Labute approximate surface area is 158 Å². The summed E-state index contributed by atoms with van der Waals surface area (Å²) in [7, 11) is -3.30. The number of hydrogen-bond donors (Lipinski definition) is 1. The molecule has 2 aliphatic rings. The summed E-state index contributed by atoms with van der Waals surface area (Å²) >= 11 is 0. The second kappa shape index (κ2) is 9.88. The lowest BCUT2D eigenvalue weighted by Crippen LogP contribution is -2.51. The Kier molecular flexibility index (Phi) is 8.16. The first-order valence-corrected chi connectivity index (χ1v) is 10.7. The number of sulfonamides is 1. The highest BCUT2D eigenvalue weighted by Gasteiger charge is 2.31. The van der Waals surface area contributed by atoms with Gasteiger partial charge in [-0.15, -0.1) is 12.4 Å². The topological polar surface area (TPSA) is 52.7 Å². The van der Waals surface area contributed by atoms with E-state index in [0.717, 1.165) is 51.1 Å². The summed E-state index contributed by atoms with van der Waals surface area (Å²) in [6.45, 7) is 5.44. The van der Waals surface area contributed by atoms with Crippen LogP contribution in [0.15, 0.2) is 30.3 Å². The molecule has 2 heterocycles. The van der Waals surface area contributed by atoms with Crippen LogP contribution in [-0.2, 0) is 15.8 Å². The standard InChI is InChI=1S/C18H29N3O2S.ClH/c22-24(23,16-17-7-2-1-3-8-17)21(18-9-6-10-19-15-18)14-13-20-11-4-5-12-20;/h1-3,7-8,18-19H,4-6,9-16H2;1H. The average molecular weight is 388 g/mol. The number of benzene rings is 1. The number of nitrogens with zero attached hydrogens (tertiary/aromatic N) is 2. The summed E-state index contributed by atoms with van der Waals surface area (Å²) < 4.78 is 27.9. The van der Waals surface area contributed by atoms with Gasteiger partial charge in [0.1, 0.15) is 0 Å². The molecule has 5 nitrogen and oxygen atoms in total. The summed E-state index contributed by atoms with van der Waals surface area (Å²) in [6, 6.07) is 9.62. The Balaban J connectivity index is 0.00000225. The Morgan fingerprint density at radius 1 is 1.12 bits per heavy atom. The Morgan fingerprint density at radius 3 is 2.48 bits per heavy atom. The monoisotopic (exact) mass is 387 g/mol. The van der Waals surface area contributed by atoms with Gasteiger partial charge in [0.25, 0.3) is 0 Å². The van der Waals surface area contributed by atoms with Gasteiger partial charge in [-0.25, -0.2) is 8.42 Å². The number of hydrogen-bond acceptors (Lipinski definition) is 4. The third-order valence-electron chi connectivity index (χ3n) is 5.06. The van der Waals surface area contributed by atoms with Crippen molar-refractivity contribution in [3.63, 3.8) is 0 Å². The molecule has 142 valence electrons. The first-order chi connectivity index (χ1) is 11.6. The van der Waals surface area contributed by atoms with Crippen molar-refractivity contribution in [1.82, 2.24) is 14.5 Å². The van der Waals surface area contributed by atoms with Crippen LogP contribution in [0.2, 0.25) is 0 Å². The molecule has 3 rings (SSSR count). The van der Waals surface area contributed by atoms with Crippen molar-refractivity contribution in [2.75, 3.05) is 39.3 Å². The van der Waals surface area contributed by atoms with Crippen molar-refractivity contribution in [2.45, 2.75) is 37.5 Å². The third-order valence-corrected chi connectivity index (χ3v) is 6.96. The number of rotatable bonds is 7. The number of halogens is 1. The number of likely N-dealkylation sites (tertiary alicyclic amines) is 1. The Morgan fingerprint density at radius 2 is 1.84 bits per heavy atom. The molecular formula is C18H30ClN3O2S. The van der Waals surface area contributed by atoms with E-state index < -0.39 is 10.0 Å². The molecule has 2 fully saturated rings. The minimum absolute atomic E-state index is 0. The molecule has 0 saturated carbocycles. The van der Waals surface area contributed by atoms with E-state index in [1.54, 1.807) is 4.31 Å². The van der Waals surface area contributed by atoms with Crippen LogP contribution in [0.25, 0.3) is 0 Å². The molecule has 2 aliphatic heterocycles. The smallest absolute Gasteiger partial charge is 0.218 e. The van der Waals surface area contributed by atoms with Gasteiger partial charge in [0.05, 0.1) is 5.75 Å². The van der Waals surface area contributed by atoms with Gasteiger partial charge >= 0.3 is 0 Å². The maximum absolute atomic E-state index is 13.1. The normalized spacial score (nSPS) is 22.0. The van der Waals surface area contributed by atoms with Crippen LogP contribution in [0.5, 0.6) is 0 Å². The summed E-state index contributed by atoms with van der Waals surface area (Å²) in [5, 5.41) is 3.36. The quantitative estimate of drug-likeness (QED) is 0.778. The molecule has 1 aromatic carbocycles. The molecule has 0 spiro atoms. The van der Waals surface area contributed by atoms with Gasteiger partial charge in [0.2, 0.25) is 10.0 Å². The van der Waals surface area contributed by atoms with Crippen LogP contribution >= 0.6 is 12.4 Å². The molecule has 1 aromatic rings. The SMILES string of the molecule is Cl.O=S(=O)(Cc1ccccc1)N(CCN1CCCC1)C1CCCNC1. The molecule has 1 N–H and O–H groups in total. The molecule has 1 atom stereocenters. The molecular weight excluding hydrogens is 358 g/mol. The molecule has 0 radical (unpaired) electrons. The predicted octanol–water partition coefficient (Wildman–Crippen LogP) is 2.09. The predicted molar refractivity (Wildman–Crippen MR) is 105 cm³/mol. The van der Waals surface area contributed by atoms with Crippen molar-refractivity contribution < 1.29 is 8.42 Å². The van der Waals surface area contributed by atoms with E-state index in [0.29, 0.717) is 6.54 Å². The van der Waals surface area contributed by atoms with Crippen molar-refractivity contribution in [3.8, 4) is 0 Å². The van der Waals surface area contributed by atoms with E-state index in [1.165, 1.54) is 12.8 Å². The first-order valence-electron chi connectivity index (χ1n) is 9.12. The highest BCUT2D eigenvalue weighted by atomic mass is 35.5. The van der Waals surface area contributed by atoms with Crippen molar-refractivity contribution in [2.24, 2.45) is 0 Å². The molecule has 2 saturated heterocycles. The first kappa shape index (κ1) is 20.6. The highest BCUT2D eigenvalue weighted by molar-refractivity contribution is 7.88. The van der Waals surface area contributed by atoms with Gasteiger partial charge in [0, 0.05) is 25.7 Å². The fourth-order valence-corrected chi connectivity index (χ4v) is 5.52. The van der Waals surface area contributed by atoms with E-state index in [-0.39, 0.29) is 24.2 Å². The van der Waals surface area contributed by atoms with E-state index in [1.807, 2.05) is 30.3 Å². The van der Waals surface area contributed by atoms with Gasteiger partial charge < -0.3 is 10.2 Å². The Bertz CT molecular complexity index is 600. The second-order valence-electron chi connectivity index (χ2n) is 6.90. The summed E-state index contributed by atoms with van der Waals surface area (Å²) in [6.07, 6.45) is 4.48. The van der Waals surface area contributed by atoms with Crippen LogP contribution in [0.4, 0.5) is 0 Å². The maximum Gasteiger partial charge on any atom is 0.218 e. The minimum Gasteiger partial charge on any atom is -0.315 e. The summed E-state index contributed by atoms with van der Waals surface area (Å²) in [4.78, 5) is 2.39. The van der Waals surface area contributed by atoms with Gasteiger partial charge in [-0.2, -0.15) is 4.31 Å². The molecule has 1 unspecified atom stereocenters. The molecule has 0 amide bonds. The molecule has 25 heavy (non-hydrogen) atoms. The third kappa shape index (κ3) is 5.93. The molecule has 0 aliphatic carbocycles. The molecule has 7 heteroatoms. The van der Waals surface area contributed by atoms with Gasteiger partial charge in [-0.3, -0.25) is 0 Å². The van der Waals surface area contributed by atoms with E-state index in [4.69, 9.17) is 0 Å². The minimum atomic E-state index is -3.30. The second-order valence-corrected chi connectivity index (χ2v) is 8.82. The van der Waals surface area contributed by atoms with Crippen LogP contribution in [0.3, 0.4) is 0 Å². The zero-order chi connectivity index (χ0) is 16.8. The highest BCUT2D eigenvalue weighted by Crippen LogP contribution is 2.19. The zero-order valence-electron chi connectivity index (χ0n) is 14.8. The zero-order valence-corrected chi connectivity index (χ0v) is 16.4. The molecule has 0 bridgehead atoms. The van der Waals surface area contributed by atoms with Gasteiger partial charge in [-0.05, 0) is 50.9 Å². The Hall–Kier alpha value is -0.660. The van der Waals surface area contributed by atoms with Crippen LogP contribution in [0.1, 0.15) is 31.2 Å². The summed E-state index contributed by atoms with van der Waals surface area (Å²) in [5.41, 5.74) is 0.868. The lowest BCUT2D eigenvalue weighted by Gasteiger charge is -2.34. The van der Waals surface area contributed by atoms with E-state index >= 15 is 0 Å². The van der Waals surface area contributed by atoms with Crippen LogP contribution in [0, 0.1) is 0 Å². The van der Waals surface area contributed by atoms with Crippen molar-refractivity contribution >= 4 is 22.4 Å². The number of nitrogens with one attached hydrogen (secondary N) is 1. The van der Waals surface area contributed by atoms with Crippen molar-refractivity contribution in [1.29, 1.82) is 0 Å². The van der Waals surface area contributed by atoms with Crippen LogP contribution in [-0.4, -0.2) is 62.9 Å². The van der Waals surface area contributed by atoms with Crippen LogP contribution < -0.4 is 5.32 Å². The lowest BCUT2D eigenvalue weighted by molar-refractivity contribution is 0.231. The fourth-order valence-electron chi connectivity index (χ4n) is 3.74. The maximum atomic E-state index is 13.1. The fraction of sp³-hybridized carbons (Fsp3) is 0.667. The van der Waals surface area contributed by atoms with E-state index in [2.05, 4.69) is 10.2 Å². The van der Waals surface area contributed by atoms with Gasteiger partial charge in [-0.1, -0.05) is 30.3 Å². The van der Waals surface area contributed by atoms with E-state index in [9.17, 15) is 8.42 Å². The summed E-state index contributed by atoms with van der Waals surface area (Å²) in [5.74, 6) is 0.102. The average Bonchev–Trinajstić information content (AvgIpc) is 3.10. The number of piperidine rings is 1.